The molecule has 0 saturated carbocycles. The predicted molar refractivity (Wildman–Crippen MR) is 78.8 cm³/mol. The second kappa shape index (κ2) is 6.19. The number of hydrogen-bond acceptors (Lipinski definition) is 1. The maximum Gasteiger partial charge on any atom is 0.00814 e. The van der Waals surface area contributed by atoms with Crippen molar-refractivity contribution in [3.05, 3.63) is 48.0 Å². The first kappa shape index (κ1) is 13.4. The van der Waals surface area contributed by atoms with E-state index in [1.165, 1.54) is 49.7 Å². The quantitative estimate of drug-likeness (QED) is 0.569. The van der Waals surface area contributed by atoms with Crippen molar-refractivity contribution in [2.75, 3.05) is 6.54 Å². The van der Waals surface area contributed by atoms with Crippen LogP contribution in [0.1, 0.15) is 49.7 Å². The fraction of sp³-hybridized carbons (Fsp3) is 0.529. The number of allylic oxidation sites excluding steroid dienone is 1. The minimum Gasteiger partial charge on any atom is -0.330 e. The molecule has 0 spiro atoms. The van der Waals surface area contributed by atoms with Crippen LogP contribution in [0.25, 0.3) is 0 Å². The Morgan fingerprint density at radius 3 is 2.83 bits per heavy atom. The fourth-order valence-electron chi connectivity index (χ4n) is 3.27. The summed E-state index contributed by atoms with van der Waals surface area (Å²) < 4.78 is 0. The molecule has 1 aromatic carbocycles. The van der Waals surface area contributed by atoms with Crippen molar-refractivity contribution in [2.24, 2.45) is 5.73 Å². The Balaban J connectivity index is 1.98. The maximum atomic E-state index is 6.11. The molecule has 1 aliphatic rings. The third kappa shape index (κ3) is 2.67. The Hall–Kier alpha value is -1.08. The van der Waals surface area contributed by atoms with Crippen molar-refractivity contribution in [1.82, 2.24) is 0 Å². The summed E-state index contributed by atoms with van der Waals surface area (Å²) in [6.45, 7) is 4.57. The van der Waals surface area contributed by atoms with Gasteiger partial charge in [-0.3, -0.25) is 0 Å². The number of rotatable bonds is 7. The standard InChI is InChI=1S/C17H25N/c1-2-3-4-5-8-12-17(14-18)13-11-15-9-6-7-10-16(15)17/h2,6-7,9-10H,1,3-5,8,11-14,18H2. The van der Waals surface area contributed by atoms with Gasteiger partial charge in [0.2, 0.25) is 0 Å². The molecular formula is C17H25N. The molecule has 1 atom stereocenters. The molecule has 1 unspecified atom stereocenters. The molecule has 0 aromatic heterocycles. The van der Waals surface area contributed by atoms with E-state index in [1.54, 1.807) is 0 Å². The van der Waals surface area contributed by atoms with Gasteiger partial charge >= 0.3 is 0 Å². The summed E-state index contributed by atoms with van der Waals surface area (Å²) in [5.74, 6) is 0. The van der Waals surface area contributed by atoms with Crippen molar-refractivity contribution in [3.8, 4) is 0 Å². The number of benzene rings is 1. The monoisotopic (exact) mass is 243 g/mol. The lowest BCUT2D eigenvalue weighted by Gasteiger charge is -2.29. The van der Waals surface area contributed by atoms with Crippen LogP contribution in [-0.2, 0) is 11.8 Å². The van der Waals surface area contributed by atoms with E-state index in [-0.39, 0.29) is 5.41 Å². The van der Waals surface area contributed by atoms with Gasteiger partial charge in [-0.1, -0.05) is 43.2 Å². The maximum absolute atomic E-state index is 6.11. The molecule has 0 amide bonds. The molecule has 1 aromatic rings. The van der Waals surface area contributed by atoms with Gasteiger partial charge in [-0.2, -0.15) is 0 Å². The van der Waals surface area contributed by atoms with Crippen LogP contribution in [0.15, 0.2) is 36.9 Å². The molecule has 1 heteroatoms. The largest absolute Gasteiger partial charge is 0.330 e. The number of unbranched alkanes of at least 4 members (excludes halogenated alkanes) is 3. The molecule has 0 heterocycles. The van der Waals surface area contributed by atoms with Crippen LogP contribution in [0.2, 0.25) is 0 Å². The Bertz CT molecular complexity index is 396. The van der Waals surface area contributed by atoms with Crippen LogP contribution < -0.4 is 5.73 Å². The van der Waals surface area contributed by atoms with E-state index in [0.29, 0.717) is 0 Å². The van der Waals surface area contributed by atoms with Crippen molar-refractivity contribution in [2.45, 2.75) is 50.4 Å². The molecule has 0 fully saturated rings. The Labute approximate surface area is 111 Å². The van der Waals surface area contributed by atoms with Crippen LogP contribution in [0.5, 0.6) is 0 Å². The van der Waals surface area contributed by atoms with Crippen LogP contribution in [0.4, 0.5) is 0 Å². The van der Waals surface area contributed by atoms with Gasteiger partial charge < -0.3 is 5.73 Å². The van der Waals surface area contributed by atoms with E-state index < -0.39 is 0 Å². The van der Waals surface area contributed by atoms with Crippen LogP contribution >= 0.6 is 0 Å². The highest BCUT2D eigenvalue weighted by atomic mass is 14.6. The van der Waals surface area contributed by atoms with Crippen molar-refractivity contribution >= 4 is 0 Å². The lowest BCUT2D eigenvalue weighted by Crippen LogP contribution is -2.32. The van der Waals surface area contributed by atoms with Gasteiger partial charge in [0.25, 0.3) is 0 Å². The first-order valence-corrected chi connectivity index (χ1v) is 7.22. The van der Waals surface area contributed by atoms with Crippen molar-refractivity contribution in [3.63, 3.8) is 0 Å². The summed E-state index contributed by atoms with van der Waals surface area (Å²) >= 11 is 0. The summed E-state index contributed by atoms with van der Waals surface area (Å²) in [7, 11) is 0. The van der Waals surface area contributed by atoms with E-state index in [0.717, 1.165) is 13.0 Å². The van der Waals surface area contributed by atoms with Crippen LogP contribution in [0.3, 0.4) is 0 Å². The molecule has 0 aliphatic heterocycles. The summed E-state index contributed by atoms with van der Waals surface area (Å²) in [4.78, 5) is 0. The molecule has 0 saturated heterocycles. The molecule has 2 rings (SSSR count). The Morgan fingerprint density at radius 2 is 2.06 bits per heavy atom. The van der Waals surface area contributed by atoms with Gasteiger partial charge in [-0.15, -0.1) is 6.58 Å². The number of aryl methyl sites for hydroxylation is 1. The zero-order valence-corrected chi connectivity index (χ0v) is 11.3. The highest BCUT2D eigenvalue weighted by Gasteiger charge is 2.36. The first-order valence-electron chi connectivity index (χ1n) is 7.22. The normalized spacial score (nSPS) is 21.8. The second-order valence-corrected chi connectivity index (χ2v) is 5.53. The van der Waals surface area contributed by atoms with Gasteiger partial charge in [0.15, 0.2) is 0 Å². The summed E-state index contributed by atoms with van der Waals surface area (Å²) in [6, 6.07) is 8.87. The summed E-state index contributed by atoms with van der Waals surface area (Å²) in [5.41, 5.74) is 9.42. The Morgan fingerprint density at radius 1 is 1.22 bits per heavy atom. The van der Waals surface area contributed by atoms with E-state index in [2.05, 4.69) is 30.8 Å². The van der Waals surface area contributed by atoms with Crippen LogP contribution in [-0.4, -0.2) is 6.54 Å². The van der Waals surface area contributed by atoms with Crippen LogP contribution in [0, 0.1) is 0 Å². The van der Waals surface area contributed by atoms with E-state index in [9.17, 15) is 0 Å². The average Bonchev–Trinajstić information content (AvgIpc) is 2.79. The van der Waals surface area contributed by atoms with Gasteiger partial charge in [0, 0.05) is 12.0 Å². The highest BCUT2D eigenvalue weighted by Crippen LogP contribution is 2.41. The third-order valence-electron chi connectivity index (χ3n) is 4.42. The third-order valence-corrected chi connectivity index (χ3v) is 4.42. The van der Waals surface area contributed by atoms with Crippen molar-refractivity contribution < 1.29 is 0 Å². The topological polar surface area (TPSA) is 26.0 Å². The van der Waals surface area contributed by atoms with Crippen molar-refractivity contribution in [1.29, 1.82) is 0 Å². The first-order chi connectivity index (χ1) is 8.82. The van der Waals surface area contributed by atoms with E-state index in [1.807, 2.05) is 6.08 Å². The zero-order chi connectivity index (χ0) is 12.8. The summed E-state index contributed by atoms with van der Waals surface area (Å²) in [5, 5.41) is 0. The lowest BCUT2D eigenvalue weighted by atomic mass is 9.77. The molecule has 2 N–H and O–H groups in total. The highest BCUT2D eigenvalue weighted by molar-refractivity contribution is 5.39. The van der Waals surface area contributed by atoms with Gasteiger partial charge in [0.05, 0.1) is 0 Å². The molecule has 0 bridgehead atoms. The molecular weight excluding hydrogens is 218 g/mol. The summed E-state index contributed by atoms with van der Waals surface area (Å²) in [6.07, 6.45) is 10.7. The Kier molecular flexibility index (Phi) is 4.60. The molecule has 1 aliphatic carbocycles. The molecule has 98 valence electrons. The van der Waals surface area contributed by atoms with E-state index in [4.69, 9.17) is 5.73 Å². The molecule has 18 heavy (non-hydrogen) atoms. The number of nitrogens with two attached hydrogens (primary N) is 1. The minimum atomic E-state index is 0.269. The predicted octanol–water partition coefficient (Wildman–Crippen LogP) is 3.97. The second-order valence-electron chi connectivity index (χ2n) is 5.53. The molecule has 1 nitrogen and oxygen atoms in total. The van der Waals surface area contributed by atoms with Gasteiger partial charge in [0.1, 0.15) is 0 Å². The zero-order valence-electron chi connectivity index (χ0n) is 11.3. The lowest BCUT2D eigenvalue weighted by molar-refractivity contribution is 0.382. The number of hydrogen-bond donors (Lipinski definition) is 1. The van der Waals surface area contributed by atoms with E-state index >= 15 is 0 Å². The van der Waals surface area contributed by atoms with Gasteiger partial charge in [-0.05, 0) is 43.2 Å². The fourth-order valence-corrected chi connectivity index (χ4v) is 3.27. The number of fused-ring (bicyclic) bond motifs is 1. The average molecular weight is 243 g/mol. The molecule has 0 radical (unpaired) electrons. The SMILES string of the molecule is C=CCCCCCC1(CN)CCc2ccccc21. The van der Waals surface area contributed by atoms with Gasteiger partial charge in [-0.25, -0.2) is 0 Å². The minimum absolute atomic E-state index is 0.269. The smallest absolute Gasteiger partial charge is 0.00814 e.